The summed E-state index contributed by atoms with van der Waals surface area (Å²) >= 11 is 3.22. The van der Waals surface area contributed by atoms with Crippen LogP contribution in [0.4, 0.5) is 4.39 Å². The summed E-state index contributed by atoms with van der Waals surface area (Å²) < 4.78 is 24.5. The van der Waals surface area contributed by atoms with Crippen molar-refractivity contribution in [2.75, 3.05) is 19.7 Å². The van der Waals surface area contributed by atoms with Crippen LogP contribution in [-0.4, -0.2) is 42.7 Å². The normalized spacial score (nSPS) is 20.6. The van der Waals surface area contributed by atoms with Crippen molar-refractivity contribution in [3.63, 3.8) is 0 Å². The molecule has 0 aromatic heterocycles. The number of rotatable bonds is 3. The summed E-state index contributed by atoms with van der Waals surface area (Å²) in [7, 11) is 0. The van der Waals surface area contributed by atoms with Crippen LogP contribution in [0.1, 0.15) is 13.8 Å². The zero-order chi connectivity index (χ0) is 14.7. The highest BCUT2D eigenvalue weighted by molar-refractivity contribution is 9.10. The number of benzene rings is 1. The van der Waals surface area contributed by atoms with E-state index in [2.05, 4.69) is 15.9 Å². The number of nitrogens with zero attached hydrogens (tertiary/aromatic N) is 1. The van der Waals surface area contributed by atoms with E-state index >= 15 is 0 Å². The lowest BCUT2D eigenvalue weighted by molar-refractivity contribution is -0.144. The van der Waals surface area contributed by atoms with Gasteiger partial charge in [0.15, 0.2) is 6.10 Å². The highest BCUT2D eigenvalue weighted by Gasteiger charge is 2.26. The molecule has 0 bridgehead atoms. The molecule has 0 radical (unpaired) electrons. The molecule has 1 aliphatic rings. The molecule has 1 saturated heterocycles. The van der Waals surface area contributed by atoms with Gasteiger partial charge in [-0.15, -0.1) is 0 Å². The highest BCUT2D eigenvalue weighted by atomic mass is 79.9. The van der Waals surface area contributed by atoms with Crippen molar-refractivity contribution in [1.82, 2.24) is 4.90 Å². The average molecular weight is 346 g/mol. The van der Waals surface area contributed by atoms with Gasteiger partial charge in [0, 0.05) is 13.1 Å². The molecule has 2 unspecified atom stereocenters. The lowest BCUT2D eigenvalue weighted by Crippen LogP contribution is -2.49. The summed E-state index contributed by atoms with van der Waals surface area (Å²) in [5, 5.41) is 0. The van der Waals surface area contributed by atoms with Gasteiger partial charge in [-0.2, -0.15) is 0 Å². The second kappa shape index (κ2) is 6.54. The number of halogens is 2. The van der Waals surface area contributed by atoms with Gasteiger partial charge in [0.05, 0.1) is 17.2 Å². The maximum Gasteiger partial charge on any atom is 0.263 e. The van der Waals surface area contributed by atoms with Crippen LogP contribution in [0.25, 0.3) is 0 Å². The Kier molecular flexibility index (Phi) is 4.99. The van der Waals surface area contributed by atoms with Crippen LogP contribution >= 0.6 is 15.9 Å². The molecule has 0 N–H and O–H groups in total. The third-order valence-corrected chi connectivity index (χ3v) is 3.72. The molecule has 4 nitrogen and oxygen atoms in total. The van der Waals surface area contributed by atoms with Gasteiger partial charge >= 0.3 is 0 Å². The number of hydrogen-bond acceptors (Lipinski definition) is 3. The van der Waals surface area contributed by atoms with E-state index in [-0.39, 0.29) is 17.8 Å². The number of hydrogen-bond donors (Lipinski definition) is 0. The topological polar surface area (TPSA) is 38.8 Å². The summed E-state index contributed by atoms with van der Waals surface area (Å²) in [6, 6.07) is 4.11. The van der Waals surface area contributed by atoms with Crippen LogP contribution in [0, 0.1) is 5.82 Å². The number of carbonyl (C=O) groups excluding carboxylic acids is 1. The van der Waals surface area contributed by atoms with Crippen molar-refractivity contribution in [2.45, 2.75) is 26.1 Å². The van der Waals surface area contributed by atoms with Crippen LogP contribution in [0.15, 0.2) is 22.7 Å². The second-order valence-electron chi connectivity index (χ2n) is 4.80. The van der Waals surface area contributed by atoms with Crippen molar-refractivity contribution in [3.05, 3.63) is 28.5 Å². The van der Waals surface area contributed by atoms with Crippen LogP contribution in [0.2, 0.25) is 0 Å². The predicted octanol–water partition coefficient (Wildman–Crippen LogP) is 2.60. The Labute approximate surface area is 126 Å². The smallest absolute Gasteiger partial charge is 0.263 e. The molecule has 1 aromatic carbocycles. The molecule has 0 aliphatic carbocycles. The molecule has 1 aromatic rings. The number of ether oxygens (including phenoxy) is 2. The van der Waals surface area contributed by atoms with E-state index in [1.807, 2.05) is 6.92 Å². The van der Waals surface area contributed by atoms with Crippen LogP contribution < -0.4 is 4.74 Å². The van der Waals surface area contributed by atoms with Gasteiger partial charge in [-0.3, -0.25) is 4.79 Å². The van der Waals surface area contributed by atoms with Crippen LogP contribution in [0.5, 0.6) is 5.75 Å². The fourth-order valence-corrected chi connectivity index (χ4v) is 2.53. The number of amides is 1. The SMILES string of the molecule is CC1CN(C(=O)C(C)Oc2ccc(F)cc2Br)CCO1. The molecule has 0 spiro atoms. The third kappa shape index (κ3) is 3.70. The molecule has 2 rings (SSSR count). The van der Waals surface area contributed by atoms with E-state index < -0.39 is 6.10 Å². The first kappa shape index (κ1) is 15.3. The zero-order valence-corrected chi connectivity index (χ0v) is 13.0. The molecule has 1 heterocycles. The van der Waals surface area contributed by atoms with Gasteiger partial charge in [-0.05, 0) is 48.0 Å². The standard InChI is InChI=1S/C14H17BrFNO3/c1-9-8-17(5-6-19-9)14(18)10(2)20-13-4-3-11(16)7-12(13)15/h3-4,7,9-10H,5-6,8H2,1-2H3. The average Bonchev–Trinajstić information content (AvgIpc) is 2.41. The first-order chi connectivity index (χ1) is 9.47. The molecular formula is C14H17BrFNO3. The van der Waals surface area contributed by atoms with Gasteiger partial charge in [0.25, 0.3) is 5.91 Å². The molecular weight excluding hydrogens is 329 g/mol. The Hall–Kier alpha value is -1.14. The fraction of sp³-hybridized carbons (Fsp3) is 0.500. The lowest BCUT2D eigenvalue weighted by atomic mass is 10.2. The molecule has 6 heteroatoms. The van der Waals surface area contributed by atoms with Gasteiger partial charge in [0.2, 0.25) is 0 Å². The van der Waals surface area contributed by atoms with Crippen LogP contribution in [-0.2, 0) is 9.53 Å². The van der Waals surface area contributed by atoms with Gasteiger partial charge in [-0.1, -0.05) is 0 Å². The van der Waals surface area contributed by atoms with Crippen molar-refractivity contribution >= 4 is 21.8 Å². The zero-order valence-electron chi connectivity index (χ0n) is 11.4. The number of morpholine rings is 1. The Bertz CT molecular complexity index is 497. The van der Waals surface area contributed by atoms with Crippen molar-refractivity contribution in [2.24, 2.45) is 0 Å². The van der Waals surface area contributed by atoms with E-state index in [4.69, 9.17) is 9.47 Å². The quantitative estimate of drug-likeness (QED) is 0.845. The number of carbonyl (C=O) groups is 1. The Morgan fingerprint density at radius 2 is 2.35 bits per heavy atom. The molecule has 0 saturated carbocycles. The fourth-order valence-electron chi connectivity index (χ4n) is 2.09. The Morgan fingerprint density at radius 3 is 3.00 bits per heavy atom. The minimum absolute atomic E-state index is 0.0393. The van der Waals surface area contributed by atoms with E-state index in [0.29, 0.717) is 29.9 Å². The second-order valence-corrected chi connectivity index (χ2v) is 5.65. The Morgan fingerprint density at radius 1 is 1.60 bits per heavy atom. The van der Waals surface area contributed by atoms with E-state index in [1.165, 1.54) is 18.2 Å². The predicted molar refractivity (Wildman–Crippen MR) is 76.2 cm³/mol. The van der Waals surface area contributed by atoms with Gasteiger partial charge < -0.3 is 14.4 Å². The summed E-state index contributed by atoms with van der Waals surface area (Å²) in [6.45, 7) is 5.30. The molecule has 1 aliphatic heterocycles. The van der Waals surface area contributed by atoms with E-state index in [9.17, 15) is 9.18 Å². The van der Waals surface area contributed by atoms with E-state index in [1.54, 1.807) is 11.8 Å². The maximum absolute atomic E-state index is 13.0. The van der Waals surface area contributed by atoms with E-state index in [0.717, 1.165) is 0 Å². The highest BCUT2D eigenvalue weighted by Crippen LogP contribution is 2.26. The molecule has 2 atom stereocenters. The van der Waals surface area contributed by atoms with Gasteiger partial charge in [-0.25, -0.2) is 4.39 Å². The summed E-state index contributed by atoms with van der Waals surface area (Å²) in [4.78, 5) is 14.0. The largest absolute Gasteiger partial charge is 0.480 e. The first-order valence-corrected chi connectivity index (χ1v) is 7.29. The minimum Gasteiger partial charge on any atom is -0.480 e. The van der Waals surface area contributed by atoms with Crippen molar-refractivity contribution in [3.8, 4) is 5.75 Å². The monoisotopic (exact) mass is 345 g/mol. The maximum atomic E-state index is 13.0. The summed E-state index contributed by atoms with van der Waals surface area (Å²) in [5.74, 6) is 0.00939. The Balaban J connectivity index is 2.00. The van der Waals surface area contributed by atoms with Crippen LogP contribution in [0.3, 0.4) is 0 Å². The third-order valence-electron chi connectivity index (χ3n) is 3.10. The summed E-state index contributed by atoms with van der Waals surface area (Å²) in [5.41, 5.74) is 0. The minimum atomic E-state index is -0.623. The molecule has 110 valence electrons. The molecule has 20 heavy (non-hydrogen) atoms. The van der Waals surface area contributed by atoms with Crippen molar-refractivity contribution in [1.29, 1.82) is 0 Å². The molecule has 1 amide bonds. The lowest BCUT2D eigenvalue weighted by Gasteiger charge is -2.32. The molecule has 1 fully saturated rings. The summed E-state index contributed by atoms with van der Waals surface area (Å²) in [6.07, 6.45) is -0.584. The van der Waals surface area contributed by atoms with Crippen molar-refractivity contribution < 1.29 is 18.7 Å². The first-order valence-electron chi connectivity index (χ1n) is 6.49. The van der Waals surface area contributed by atoms with Gasteiger partial charge in [0.1, 0.15) is 11.6 Å².